The van der Waals surface area contributed by atoms with Gasteiger partial charge >= 0.3 is 0 Å². The normalized spacial score (nSPS) is 11.3. The SMILES string of the molecule is CCCNc1cc(C)ncc1C(=O)NC(CC)(CC)CC. The third-order valence-corrected chi connectivity index (χ3v) is 4.26. The molecule has 21 heavy (non-hydrogen) atoms. The number of aryl methyl sites for hydroxylation is 1. The third kappa shape index (κ3) is 4.45. The lowest BCUT2D eigenvalue weighted by Gasteiger charge is -2.32. The first-order valence-corrected chi connectivity index (χ1v) is 8.04. The van der Waals surface area contributed by atoms with E-state index in [0.29, 0.717) is 5.56 Å². The smallest absolute Gasteiger partial charge is 0.255 e. The summed E-state index contributed by atoms with van der Waals surface area (Å²) in [5, 5.41) is 6.54. The number of carbonyl (C=O) groups is 1. The highest BCUT2D eigenvalue weighted by molar-refractivity contribution is 5.99. The van der Waals surface area contributed by atoms with E-state index in [4.69, 9.17) is 0 Å². The molecule has 0 aliphatic rings. The van der Waals surface area contributed by atoms with E-state index < -0.39 is 0 Å². The van der Waals surface area contributed by atoms with Gasteiger partial charge in [0.1, 0.15) is 0 Å². The van der Waals surface area contributed by atoms with Crippen molar-refractivity contribution in [2.75, 3.05) is 11.9 Å². The lowest BCUT2D eigenvalue weighted by atomic mass is 9.89. The molecule has 1 heterocycles. The molecule has 1 amide bonds. The van der Waals surface area contributed by atoms with Gasteiger partial charge in [-0.3, -0.25) is 9.78 Å². The van der Waals surface area contributed by atoms with E-state index in [-0.39, 0.29) is 11.4 Å². The summed E-state index contributed by atoms with van der Waals surface area (Å²) in [4.78, 5) is 16.9. The molecule has 2 N–H and O–H groups in total. The average molecular weight is 291 g/mol. The molecule has 0 aromatic carbocycles. The van der Waals surface area contributed by atoms with Crippen molar-refractivity contribution in [3.63, 3.8) is 0 Å². The van der Waals surface area contributed by atoms with Crippen LogP contribution in [0.5, 0.6) is 0 Å². The number of pyridine rings is 1. The molecule has 0 spiro atoms. The molecule has 0 saturated heterocycles. The van der Waals surface area contributed by atoms with Crippen LogP contribution in [0.1, 0.15) is 69.4 Å². The predicted molar refractivity (Wildman–Crippen MR) is 88.8 cm³/mol. The quantitative estimate of drug-likeness (QED) is 0.763. The number of nitrogens with zero attached hydrogens (tertiary/aromatic N) is 1. The number of carbonyl (C=O) groups excluding carboxylic acids is 1. The molecular formula is C17H29N3O. The minimum atomic E-state index is -0.121. The molecule has 1 aromatic rings. The second kappa shape index (κ2) is 8.01. The highest BCUT2D eigenvalue weighted by Gasteiger charge is 2.27. The lowest BCUT2D eigenvalue weighted by Crippen LogP contribution is -2.47. The van der Waals surface area contributed by atoms with Crippen LogP contribution in [0.2, 0.25) is 0 Å². The number of amides is 1. The molecule has 0 radical (unpaired) electrons. The fourth-order valence-electron chi connectivity index (χ4n) is 2.47. The number of nitrogens with one attached hydrogen (secondary N) is 2. The van der Waals surface area contributed by atoms with Gasteiger partial charge in [0.25, 0.3) is 5.91 Å². The minimum Gasteiger partial charge on any atom is -0.384 e. The maximum Gasteiger partial charge on any atom is 0.255 e. The van der Waals surface area contributed by atoms with Crippen molar-refractivity contribution in [3.05, 3.63) is 23.5 Å². The van der Waals surface area contributed by atoms with Gasteiger partial charge in [-0.25, -0.2) is 0 Å². The maximum atomic E-state index is 12.6. The van der Waals surface area contributed by atoms with Gasteiger partial charge in [-0.05, 0) is 38.7 Å². The zero-order valence-electron chi connectivity index (χ0n) is 14.0. The molecule has 0 atom stereocenters. The minimum absolute atomic E-state index is 0.0355. The van der Waals surface area contributed by atoms with Crippen LogP contribution < -0.4 is 10.6 Å². The summed E-state index contributed by atoms with van der Waals surface area (Å²) in [7, 11) is 0. The highest BCUT2D eigenvalue weighted by atomic mass is 16.1. The summed E-state index contributed by atoms with van der Waals surface area (Å²) in [6.07, 6.45) is 5.49. The Labute approximate surface area is 128 Å². The average Bonchev–Trinajstić information content (AvgIpc) is 2.50. The Hall–Kier alpha value is -1.58. The molecule has 1 rings (SSSR count). The van der Waals surface area contributed by atoms with Gasteiger partial charge in [0.2, 0.25) is 0 Å². The second-order valence-electron chi connectivity index (χ2n) is 5.59. The molecule has 4 heteroatoms. The Morgan fingerprint density at radius 2 is 1.81 bits per heavy atom. The molecule has 0 saturated carbocycles. The molecule has 4 nitrogen and oxygen atoms in total. The molecule has 0 aliphatic carbocycles. The van der Waals surface area contributed by atoms with Crippen LogP contribution in [0.3, 0.4) is 0 Å². The van der Waals surface area contributed by atoms with E-state index in [0.717, 1.165) is 43.6 Å². The van der Waals surface area contributed by atoms with E-state index in [1.165, 1.54) is 0 Å². The maximum absolute atomic E-state index is 12.6. The Kier molecular flexibility index (Phi) is 6.66. The lowest BCUT2D eigenvalue weighted by molar-refractivity contribution is 0.0888. The van der Waals surface area contributed by atoms with Gasteiger partial charge in [-0.15, -0.1) is 0 Å². The van der Waals surface area contributed by atoms with E-state index in [1.54, 1.807) is 6.20 Å². The third-order valence-electron chi connectivity index (χ3n) is 4.26. The highest BCUT2D eigenvalue weighted by Crippen LogP contribution is 2.22. The molecule has 0 bridgehead atoms. The van der Waals surface area contributed by atoms with Crippen LogP contribution in [-0.4, -0.2) is 23.0 Å². The van der Waals surface area contributed by atoms with Crippen molar-refractivity contribution >= 4 is 11.6 Å². The van der Waals surface area contributed by atoms with E-state index in [1.807, 2.05) is 13.0 Å². The van der Waals surface area contributed by atoms with Crippen molar-refractivity contribution in [2.24, 2.45) is 0 Å². The molecule has 118 valence electrons. The molecule has 0 aliphatic heterocycles. The summed E-state index contributed by atoms with van der Waals surface area (Å²) in [5.41, 5.74) is 2.30. The monoisotopic (exact) mass is 291 g/mol. The largest absolute Gasteiger partial charge is 0.384 e. The summed E-state index contributed by atoms with van der Waals surface area (Å²) in [6.45, 7) is 11.3. The summed E-state index contributed by atoms with van der Waals surface area (Å²) in [6, 6.07) is 1.94. The Morgan fingerprint density at radius 3 is 2.33 bits per heavy atom. The van der Waals surface area contributed by atoms with Gasteiger partial charge in [0.15, 0.2) is 0 Å². The van der Waals surface area contributed by atoms with Crippen LogP contribution in [0, 0.1) is 6.92 Å². The van der Waals surface area contributed by atoms with Gasteiger partial charge in [-0.1, -0.05) is 27.7 Å². The van der Waals surface area contributed by atoms with Crippen LogP contribution in [0.25, 0.3) is 0 Å². The first-order valence-electron chi connectivity index (χ1n) is 8.04. The van der Waals surface area contributed by atoms with Gasteiger partial charge in [0, 0.05) is 24.0 Å². The number of aromatic nitrogens is 1. The summed E-state index contributed by atoms with van der Waals surface area (Å²) in [5.74, 6) is -0.0355. The van der Waals surface area contributed by atoms with E-state index in [9.17, 15) is 4.79 Å². The van der Waals surface area contributed by atoms with E-state index in [2.05, 4.69) is 43.3 Å². The Balaban J connectivity index is 3.00. The zero-order chi connectivity index (χ0) is 15.9. The van der Waals surface area contributed by atoms with Crippen molar-refractivity contribution in [2.45, 2.75) is 65.8 Å². The molecule has 0 unspecified atom stereocenters. The van der Waals surface area contributed by atoms with Gasteiger partial charge in [0.05, 0.1) is 11.3 Å². The van der Waals surface area contributed by atoms with Crippen molar-refractivity contribution in [3.8, 4) is 0 Å². The fraction of sp³-hybridized carbons (Fsp3) is 0.647. The summed E-state index contributed by atoms with van der Waals surface area (Å²) < 4.78 is 0. The zero-order valence-corrected chi connectivity index (χ0v) is 14.0. The Bertz CT molecular complexity index is 459. The van der Waals surface area contributed by atoms with E-state index >= 15 is 0 Å². The second-order valence-corrected chi connectivity index (χ2v) is 5.59. The molecule has 0 fully saturated rings. The van der Waals surface area contributed by atoms with Crippen molar-refractivity contribution in [1.29, 1.82) is 0 Å². The van der Waals surface area contributed by atoms with Gasteiger partial charge < -0.3 is 10.6 Å². The summed E-state index contributed by atoms with van der Waals surface area (Å²) >= 11 is 0. The van der Waals surface area contributed by atoms with Crippen LogP contribution in [0.4, 0.5) is 5.69 Å². The topological polar surface area (TPSA) is 54.0 Å². The van der Waals surface area contributed by atoms with Crippen molar-refractivity contribution < 1.29 is 4.79 Å². The standard InChI is InChI=1S/C17H29N3O/c1-6-10-18-15-11-13(5)19-12-14(15)16(21)20-17(7-2,8-3)9-4/h11-12H,6-10H2,1-5H3,(H,18,19)(H,20,21). The number of rotatable bonds is 8. The van der Waals surface area contributed by atoms with Gasteiger partial charge in [-0.2, -0.15) is 0 Å². The first kappa shape index (κ1) is 17.5. The number of anilines is 1. The van der Waals surface area contributed by atoms with Crippen LogP contribution in [-0.2, 0) is 0 Å². The predicted octanol–water partition coefficient (Wildman–Crippen LogP) is 3.91. The van der Waals surface area contributed by atoms with Crippen molar-refractivity contribution in [1.82, 2.24) is 10.3 Å². The first-order chi connectivity index (χ1) is 10.0. The van der Waals surface area contributed by atoms with Crippen LogP contribution >= 0.6 is 0 Å². The Morgan fingerprint density at radius 1 is 1.19 bits per heavy atom. The molecular weight excluding hydrogens is 262 g/mol. The number of hydrogen-bond acceptors (Lipinski definition) is 3. The number of hydrogen-bond donors (Lipinski definition) is 2. The fourth-order valence-corrected chi connectivity index (χ4v) is 2.47. The van der Waals surface area contributed by atoms with Crippen LogP contribution in [0.15, 0.2) is 12.3 Å². The molecule has 1 aromatic heterocycles.